The van der Waals surface area contributed by atoms with Crippen molar-refractivity contribution in [2.24, 2.45) is 0 Å². The lowest BCUT2D eigenvalue weighted by atomic mass is 10.1. The molecule has 2 aromatic carbocycles. The first-order chi connectivity index (χ1) is 13.7. The number of anilines is 1. The maximum absolute atomic E-state index is 14.0. The van der Waals surface area contributed by atoms with Crippen LogP contribution < -0.4 is 5.32 Å². The number of amides is 1. The van der Waals surface area contributed by atoms with Gasteiger partial charge in [0, 0.05) is 10.4 Å². The summed E-state index contributed by atoms with van der Waals surface area (Å²) in [6, 6.07) is 9.04. The molecule has 1 saturated carbocycles. The Balaban J connectivity index is 1.67. The van der Waals surface area contributed by atoms with Gasteiger partial charge in [0.1, 0.15) is 5.82 Å². The molecule has 0 atom stereocenters. The second-order valence-electron chi connectivity index (χ2n) is 6.63. The van der Waals surface area contributed by atoms with E-state index in [2.05, 4.69) is 31.6 Å². The second kappa shape index (κ2) is 7.25. The Morgan fingerprint density at radius 1 is 1.14 bits per heavy atom. The molecule has 0 radical (unpaired) electrons. The van der Waals surface area contributed by atoms with Gasteiger partial charge in [0.15, 0.2) is 5.69 Å². The monoisotopic (exact) mass is 468 g/mol. The van der Waals surface area contributed by atoms with Crippen LogP contribution in [0.2, 0.25) is 0 Å². The fraction of sp³-hybridized carbons (Fsp3) is 0.211. The van der Waals surface area contributed by atoms with Crippen LogP contribution in [0.5, 0.6) is 0 Å². The van der Waals surface area contributed by atoms with Crippen molar-refractivity contribution in [3.05, 3.63) is 69.7 Å². The second-order valence-corrected chi connectivity index (χ2v) is 7.55. The number of halogens is 5. The molecule has 0 saturated heterocycles. The van der Waals surface area contributed by atoms with Crippen molar-refractivity contribution in [3.8, 4) is 5.69 Å². The predicted octanol–water partition coefficient (Wildman–Crippen LogP) is 5.32. The fourth-order valence-corrected chi connectivity index (χ4v) is 3.19. The number of alkyl halides is 3. The average Bonchev–Trinajstić information content (AvgIpc) is 3.41. The molecule has 150 valence electrons. The summed E-state index contributed by atoms with van der Waals surface area (Å²) in [6.45, 7) is 0. The molecule has 1 heterocycles. The first-order valence-corrected chi connectivity index (χ1v) is 9.43. The quantitative estimate of drug-likeness (QED) is 0.527. The molecule has 10 heteroatoms. The molecule has 1 aliphatic carbocycles. The minimum Gasteiger partial charge on any atom is -0.318 e. The van der Waals surface area contributed by atoms with Crippen molar-refractivity contribution in [1.29, 1.82) is 0 Å². The molecule has 3 aromatic rings. The summed E-state index contributed by atoms with van der Waals surface area (Å²) < 4.78 is 55.1. The number of nitrogens with one attached hydrogen (secondary N) is 1. The molecule has 0 spiro atoms. The Bertz CT molecular complexity index is 1070. The molecule has 1 N–H and O–H groups in total. The van der Waals surface area contributed by atoms with Crippen molar-refractivity contribution in [2.45, 2.75) is 24.9 Å². The average molecular weight is 469 g/mol. The maximum Gasteiger partial charge on any atom is 0.416 e. The topological polar surface area (TPSA) is 59.8 Å². The van der Waals surface area contributed by atoms with E-state index in [1.165, 1.54) is 4.68 Å². The van der Waals surface area contributed by atoms with Crippen molar-refractivity contribution >= 4 is 27.5 Å². The summed E-state index contributed by atoms with van der Waals surface area (Å²) in [6.07, 6.45) is -2.98. The van der Waals surface area contributed by atoms with Crippen molar-refractivity contribution in [2.75, 3.05) is 5.32 Å². The van der Waals surface area contributed by atoms with Crippen LogP contribution in [0.15, 0.2) is 46.9 Å². The number of hydrogen-bond donors (Lipinski definition) is 1. The molecule has 0 bridgehead atoms. The minimum atomic E-state index is -4.66. The number of carbonyl (C=O) groups excluding carboxylic acids is 1. The zero-order chi connectivity index (χ0) is 20.8. The Labute approximate surface area is 170 Å². The van der Waals surface area contributed by atoms with Crippen molar-refractivity contribution in [3.63, 3.8) is 0 Å². The molecular formula is C19H13BrF4N4O. The van der Waals surface area contributed by atoms with E-state index in [0.29, 0.717) is 29.6 Å². The number of benzene rings is 2. The summed E-state index contributed by atoms with van der Waals surface area (Å²) in [5, 5.41) is 10.2. The maximum atomic E-state index is 14.0. The molecule has 29 heavy (non-hydrogen) atoms. The van der Waals surface area contributed by atoms with Gasteiger partial charge in [-0.1, -0.05) is 21.1 Å². The summed E-state index contributed by atoms with van der Waals surface area (Å²) in [4.78, 5) is 12.7. The first-order valence-electron chi connectivity index (χ1n) is 8.63. The van der Waals surface area contributed by atoms with E-state index in [4.69, 9.17) is 0 Å². The van der Waals surface area contributed by atoms with E-state index in [1.807, 2.05) is 12.1 Å². The van der Waals surface area contributed by atoms with E-state index in [0.717, 1.165) is 17.3 Å². The molecule has 1 amide bonds. The number of nitrogens with zero attached hydrogens (tertiary/aromatic N) is 3. The van der Waals surface area contributed by atoms with Crippen LogP contribution in [-0.2, 0) is 6.18 Å². The molecule has 5 nitrogen and oxygen atoms in total. The van der Waals surface area contributed by atoms with Crippen LogP contribution in [0.25, 0.3) is 5.69 Å². The lowest BCUT2D eigenvalue weighted by Crippen LogP contribution is -2.17. The van der Waals surface area contributed by atoms with Gasteiger partial charge in [-0.2, -0.15) is 13.2 Å². The highest BCUT2D eigenvalue weighted by Crippen LogP contribution is 2.42. The van der Waals surface area contributed by atoms with Gasteiger partial charge in [0.05, 0.1) is 22.6 Å². The number of rotatable bonds is 4. The van der Waals surface area contributed by atoms with E-state index in [-0.39, 0.29) is 11.6 Å². The van der Waals surface area contributed by atoms with Gasteiger partial charge in [0.25, 0.3) is 5.91 Å². The smallest absolute Gasteiger partial charge is 0.318 e. The van der Waals surface area contributed by atoms with Crippen LogP contribution in [0.1, 0.15) is 40.5 Å². The normalized spacial score (nSPS) is 14.1. The summed E-state index contributed by atoms with van der Waals surface area (Å²) in [7, 11) is 0. The van der Waals surface area contributed by atoms with Crippen LogP contribution in [0, 0.1) is 5.82 Å². The van der Waals surface area contributed by atoms with E-state index >= 15 is 0 Å². The first kappa shape index (κ1) is 19.6. The standard InChI is InChI=1S/C19H13BrF4N4O/c20-12-4-6-13(7-5-12)28-17(10-1-2-10)16(26-27-28)18(29)25-15-9-11(19(22,23)24)3-8-14(15)21/h3-10H,1-2H2,(H,25,29). The molecular weight excluding hydrogens is 456 g/mol. The van der Waals surface area contributed by atoms with Gasteiger partial charge in [0.2, 0.25) is 0 Å². The lowest BCUT2D eigenvalue weighted by molar-refractivity contribution is -0.137. The molecule has 0 unspecified atom stereocenters. The Hall–Kier alpha value is -2.75. The lowest BCUT2D eigenvalue weighted by Gasteiger charge is -2.11. The number of carbonyl (C=O) groups is 1. The van der Waals surface area contributed by atoms with Gasteiger partial charge in [-0.15, -0.1) is 5.10 Å². The van der Waals surface area contributed by atoms with E-state index in [9.17, 15) is 22.4 Å². The third-order valence-corrected chi connectivity index (χ3v) is 5.03. The summed E-state index contributed by atoms with van der Waals surface area (Å²) in [5.74, 6) is -1.73. The number of aromatic nitrogens is 3. The molecule has 1 aliphatic rings. The predicted molar refractivity (Wildman–Crippen MR) is 100 cm³/mol. The highest BCUT2D eigenvalue weighted by Gasteiger charge is 2.35. The van der Waals surface area contributed by atoms with Crippen molar-refractivity contribution in [1.82, 2.24) is 15.0 Å². The van der Waals surface area contributed by atoms with Gasteiger partial charge in [-0.3, -0.25) is 4.79 Å². The largest absolute Gasteiger partial charge is 0.416 e. The molecule has 1 fully saturated rings. The Kier molecular flexibility index (Phi) is 4.89. The van der Waals surface area contributed by atoms with Gasteiger partial charge >= 0.3 is 6.18 Å². The Morgan fingerprint density at radius 3 is 2.45 bits per heavy atom. The van der Waals surface area contributed by atoms with Crippen LogP contribution in [0.3, 0.4) is 0 Å². The summed E-state index contributed by atoms with van der Waals surface area (Å²) >= 11 is 3.34. The Morgan fingerprint density at radius 2 is 1.83 bits per heavy atom. The molecule has 1 aromatic heterocycles. The van der Waals surface area contributed by atoms with Crippen LogP contribution >= 0.6 is 15.9 Å². The summed E-state index contributed by atoms with van der Waals surface area (Å²) in [5.41, 5.74) is -0.420. The van der Waals surface area contributed by atoms with Crippen molar-refractivity contribution < 1.29 is 22.4 Å². The molecule has 4 rings (SSSR count). The van der Waals surface area contributed by atoms with E-state index in [1.54, 1.807) is 12.1 Å². The third-order valence-electron chi connectivity index (χ3n) is 4.50. The SMILES string of the molecule is O=C(Nc1cc(C(F)(F)F)ccc1F)c1nnn(-c2ccc(Br)cc2)c1C1CC1. The number of hydrogen-bond acceptors (Lipinski definition) is 3. The van der Waals surface area contributed by atoms with Gasteiger partial charge in [-0.25, -0.2) is 9.07 Å². The zero-order valence-electron chi connectivity index (χ0n) is 14.7. The van der Waals surface area contributed by atoms with Gasteiger partial charge in [-0.05, 0) is 55.3 Å². The van der Waals surface area contributed by atoms with Crippen LogP contribution in [0.4, 0.5) is 23.2 Å². The highest BCUT2D eigenvalue weighted by atomic mass is 79.9. The van der Waals surface area contributed by atoms with Gasteiger partial charge < -0.3 is 5.32 Å². The molecule has 0 aliphatic heterocycles. The minimum absolute atomic E-state index is 0.0350. The third kappa shape index (κ3) is 4.02. The highest BCUT2D eigenvalue weighted by molar-refractivity contribution is 9.10. The van der Waals surface area contributed by atoms with E-state index < -0.39 is 29.2 Å². The fourth-order valence-electron chi connectivity index (χ4n) is 2.93. The van der Waals surface area contributed by atoms with Crippen LogP contribution in [-0.4, -0.2) is 20.9 Å². The zero-order valence-corrected chi connectivity index (χ0v) is 16.3.